The zero-order chi connectivity index (χ0) is 23.1. The number of amidine groups is 1. The number of aromatic nitrogens is 2. The predicted octanol–water partition coefficient (Wildman–Crippen LogP) is 2.34. The highest BCUT2D eigenvalue weighted by molar-refractivity contribution is 6.35. The first-order valence-corrected chi connectivity index (χ1v) is 10.7. The van der Waals surface area contributed by atoms with E-state index < -0.39 is 18.1 Å². The lowest BCUT2D eigenvalue weighted by Crippen LogP contribution is -2.45. The second-order valence-corrected chi connectivity index (χ2v) is 8.15. The van der Waals surface area contributed by atoms with Gasteiger partial charge in [-0.2, -0.15) is 5.10 Å². The summed E-state index contributed by atoms with van der Waals surface area (Å²) in [7, 11) is 0. The molecule has 0 saturated carbocycles. The van der Waals surface area contributed by atoms with Crippen LogP contribution in [0.4, 0.5) is 0 Å². The van der Waals surface area contributed by atoms with Crippen molar-refractivity contribution < 1.29 is 4.79 Å². The number of hydrazone groups is 1. The summed E-state index contributed by atoms with van der Waals surface area (Å²) >= 11 is 6.33. The van der Waals surface area contributed by atoms with Crippen molar-refractivity contribution in [3.8, 4) is 5.69 Å². The fourth-order valence-corrected chi connectivity index (χ4v) is 4.31. The molecule has 2 aliphatic rings. The normalized spacial score (nSPS) is 19.9. The van der Waals surface area contributed by atoms with Crippen molar-refractivity contribution in [3.05, 3.63) is 82.0 Å². The molecule has 3 unspecified atom stereocenters. The zero-order valence-electron chi connectivity index (χ0n) is 17.6. The number of fused-ring (bicyclic) bond motifs is 2. The lowest BCUT2D eigenvalue weighted by molar-refractivity contribution is -0.124. The van der Waals surface area contributed by atoms with E-state index in [9.17, 15) is 9.59 Å². The predicted molar refractivity (Wildman–Crippen MR) is 127 cm³/mol. The molecule has 2 aliphatic heterocycles. The van der Waals surface area contributed by atoms with E-state index in [2.05, 4.69) is 15.4 Å². The van der Waals surface area contributed by atoms with Crippen LogP contribution in [0.15, 0.2) is 75.7 Å². The lowest BCUT2D eigenvalue weighted by atomic mass is 10.0. The van der Waals surface area contributed by atoms with E-state index in [1.165, 1.54) is 4.57 Å². The Hall–Kier alpha value is -3.98. The van der Waals surface area contributed by atoms with Crippen molar-refractivity contribution >= 4 is 40.5 Å². The van der Waals surface area contributed by atoms with Gasteiger partial charge in [0.15, 0.2) is 6.17 Å². The van der Waals surface area contributed by atoms with Crippen LogP contribution in [0.25, 0.3) is 16.6 Å². The topological polar surface area (TPSA) is 118 Å². The molecule has 0 fully saturated rings. The summed E-state index contributed by atoms with van der Waals surface area (Å²) in [5.74, 6) is -0.581. The van der Waals surface area contributed by atoms with E-state index in [-0.39, 0.29) is 17.3 Å². The standard InChI is InChI=1S/C23H20ClN7O2/c1-13(27-22(32)18-19(25)29-30-12-6-11-26-21(18)30)20-28-16-10-5-9-15(24)17(16)23(33)31(20)14-7-3-2-4-8-14/h2-13,18,21H,1H3,(H2,25,29)(H,27,32). The van der Waals surface area contributed by atoms with Crippen LogP contribution in [0.3, 0.4) is 0 Å². The van der Waals surface area contributed by atoms with Gasteiger partial charge in [-0.05, 0) is 37.3 Å². The molecule has 0 spiro atoms. The second kappa shape index (κ2) is 8.18. The van der Waals surface area contributed by atoms with Crippen LogP contribution in [0.1, 0.15) is 18.8 Å². The SMILES string of the molecule is CC(NC(=O)C1C(N)=NN2C=CC=NC12)c1nc2cccc(Cl)c2c(=O)n1-c1ccccc1. The van der Waals surface area contributed by atoms with Crippen LogP contribution >= 0.6 is 11.6 Å². The zero-order valence-corrected chi connectivity index (χ0v) is 18.3. The van der Waals surface area contributed by atoms with Crippen molar-refractivity contribution in [3.63, 3.8) is 0 Å². The largest absolute Gasteiger partial charge is 0.385 e. The molecule has 9 nitrogen and oxygen atoms in total. The maximum atomic E-state index is 13.5. The smallest absolute Gasteiger partial charge is 0.267 e. The maximum absolute atomic E-state index is 13.5. The van der Waals surface area contributed by atoms with Gasteiger partial charge >= 0.3 is 0 Å². The summed E-state index contributed by atoms with van der Waals surface area (Å²) < 4.78 is 1.47. The first-order chi connectivity index (χ1) is 16.0. The Morgan fingerprint density at radius 1 is 1.18 bits per heavy atom. The number of para-hydroxylation sites is 1. The van der Waals surface area contributed by atoms with Crippen LogP contribution in [0.2, 0.25) is 5.02 Å². The van der Waals surface area contributed by atoms with E-state index >= 15 is 0 Å². The molecule has 3 N–H and O–H groups in total. The molecular weight excluding hydrogens is 442 g/mol. The van der Waals surface area contributed by atoms with Gasteiger partial charge in [-0.25, -0.2) is 9.99 Å². The Kier molecular flexibility index (Phi) is 5.18. The number of halogens is 1. The van der Waals surface area contributed by atoms with Crippen LogP contribution in [-0.4, -0.2) is 38.7 Å². The number of benzene rings is 2. The summed E-state index contributed by atoms with van der Waals surface area (Å²) in [6.07, 6.45) is 4.50. The minimum atomic E-state index is -0.763. The number of carbonyl (C=O) groups excluding carboxylic acids is 1. The number of carbonyl (C=O) groups is 1. The minimum absolute atomic E-state index is 0.173. The van der Waals surface area contributed by atoms with Crippen LogP contribution in [-0.2, 0) is 4.79 Å². The monoisotopic (exact) mass is 461 g/mol. The number of nitrogens with one attached hydrogen (secondary N) is 1. The molecule has 0 aliphatic carbocycles. The van der Waals surface area contributed by atoms with Gasteiger partial charge in [-0.15, -0.1) is 0 Å². The first kappa shape index (κ1) is 20.9. The summed E-state index contributed by atoms with van der Waals surface area (Å²) in [5.41, 5.74) is 6.79. The fraction of sp³-hybridized carbons (Fsp3) is 0.174. The third-order valence-corrected chi connectivity index (χ3v) is 5.91. The summed E-state index contributed by atoms with van der Waals surface area (Å²) in [4.78, 5) is 35.8. The Bertz CT molecular complexity index is 1400. The van der Waals surface area contributed by atoms with Gasteiger partial charge in [-0.1, -0.05) is 35.9 Å². The van der Waals surface area contributed by atoms with Crippen molar-refractivity contribution in [1.29, 1.82) is 0 Å². The number of hydrogen-bond donors (Lipinski definition) is 2. The maximum Gasteiger partial charge on any atom is 0.267 e. The number of allylic oxidation sites excluding steroid dienone is 1. The highest BCUT2D eigenvalue weighted by Crippen LogP contribution is 2.26. The molecular formula is C23H20ClN7O2. The molecule has 166 valence electrons. The van der Waals surface area contributed by atoms with Gasteiger partial charge in [0.1, 0.15) is 17.6 Å². The number of aliphatic imine (C=N–C) groups is 1. The van der Waals surface area contributed by atoms with Gasteiger partial charge in [0.2, 0.25) is 5.91 Å². The number of rotatable bonds is 4. The summed E-state index contributed by atoms with van der Waals surface area (Å²) in [5, 5.41) is 9.33. The van der Waals surface area contributed by atoms with Crippen LogP contribution in [0, 0.1) is 5.92 Å². The molecule has 3 heterocycles. The van der Waals surface area contributed by atoms with Crippen LogP contribution in [0.5, 0.6) is 0 Å². The van der Waals surface area contributed by atoms with E-state index in [1.54, 1.807) is 60.8 Å². The number of hydrogen-bond acceptors (Lipinski definition) is 7. The average molecular weight is 462 g/mol. The Morgan fingerprint density at radius 3 is 2.76 bits per heavy atom. The lowest BCUT2D eigenvalue weighted by Gasteiger charge is -2.25. The Morgan fingerprint density at radius 2 is 1.97 bits per heavy atom. The molecule has 2 aromatic carbocycles. The molecule has 1 aromatic heterocycles. The van der Waals surface area contributed by atoms with Crippen LogP contribution < -0.4 is 16.6 Å². The van der Waals surface area contributed by atoms with Crippen molar-refractivity contribution in [2.75, 3.05) is 0 Å². The van der Waals surface area contributed by atoms with Gasteiger partial charge < -0.3 is 11.1 Å². The average Bonchev–Trinajstić information content (AvgIpc) is 3.15. The number of amides is 1. The highest BCUT2D eigenvalue weighted by atomic mass is 35.5. The molecule has 0 bridgehead atoms. The highest BCUT2D eigenvalue weighted by Gasteiger charge is 2.41. The molecule has 3 atom stereocenters. The molecule has 1 amide bonds. The van der Waals surface area contributed by atoms with Gasteiger partial charge in [0, 0.05) is 12.4 Å². The summed E-state index contributed by atoms with van der Waals surface area (Å²) in [6.45, 7) is 1.76. The number of nitrogens with two attached hydrogens (primary N) is 1. The van der Waals surface area contributed by atoms with E-state index in [0.29, 0.717) is 27.4 Å². The molecule has 0 radical (unpaired) electrons. The molecule has 5 rings (SSSR count). The second-order valence-electron chi connectivity index (χ2n) is 7.75. The van der Waals surface area contributed by atoms with Gasteiger partial charge in [0.05, 0.1) is 27.7 Å². The molecule has 0 saturated heterocycles. The Balaban J connectivity index is 1.56. The van der Waals surface area contributed by atoms with Crippen molar-refractivity contribution in [2.45, 2.75) is 19.1 Å². The van der Waals surface area contributed by atoms with E-state index in [1.807, 2.05) is 18.2 Å². The third kappa shape index (κ3) is 3.56. The molecule has 10 heteroatoms. The fourth-order valence-electron chi connectivity index (χ4n) is 4.06. The Labute approximate surface area is 193 Å². The van der Waals surface area contributed by atoms with Crippen molar-refractivity contribution in [1.82, 2.24) is 19.9 Å². The molecule has 3 aromatic rings. The third-order valence-electron chi connectivity index (χ3n) is 5.60. The summed E-state index contributed by atoms with van der Waals surface area (Å²) in [6, 6.07) is 13.6. The van der Waals surface area contributed by atoms with Crippen molar-refractivity contribution in [2.24, 2.45) is 21.7 Å². The quantitative estimate of drug-likeness (QED) is 0.618. The van der Waals surface area contributed by atoms with Gasteiger partial charge in [0.25, 0.3) is 5.56 Å². The van der Waals surface area contributed by atoms with E-state index in [4.69, 9.17) is 22.3 Å². The van der Waals surface area contributed by atoms with E-state index in [0.717, 1.165) is 0 Å². The molecule has 33 heavy (non-hydrogen) atoms. The van der Waals surface area contributed by atoms with Gasteiger partial charge in [-0.3, -0.25) is 19.1 Å². The first-order valence-electron chi connectivity index (χ1n) is 10.3. The minimum Gasteiger partial charge on any atom is -0.385 e. The number of nitrogens with zero attached hydrogens (tertiary/aromatic N) is 5.